The molecule has 0 fully saturated rings. The van der Waals surface area contributed by atoms with Crippen LogP contribution in [-0.2, 0) is 12.8 Å². The van der Waals surface area contributed by atoms with Crippen LogP contribution in [0.15, 0.2) is 41.2 Å². The second-order valence-corrected chi connectivity index (χ2v) is 8.83. The first-order valence-electron chi connectivity index (χ1n) is 9.08. The Morgan fingerprint density at radius 2 is 1.86 bits per heavy atom. The summed E-state index contributed by atoms with van der Waals surface area (Å²) in [6.07, 6.45) is 4.03. The van der Waals surface area contributed by atoms with Crippen molar-refractivity contribution in [3.63, 3.8) is 0 Å². The standard InChI is InChI=1S/C21H15ClN2O2S2/c22-15-9-4-6-11-12(15)7-3-8-13(11)19(25)24-20(26)17-14-5-1-2-10-16(14)28-18(17)23-21(24)27/h3-4,6-9H,1-2,5,10H2,(H,23,27). The first-order valence-corrected chi connectivity index (χ1v) is 10.7. The number of aromatic amines is 1. The highest BCUT2D eigenvalue weighted by atomic mass is 35.5. The predicted octanol–water partition coefficient (Wildman–Crippen LogP) is 5.49. The Balaban J connectivity index is 1.78. The summed E-state index contributed by atoms with van der Waals surface area (Å²) in [5.74, 6) is -0.434. The molecule has 7 heteroatoms. The Morgan fingerprint density at radius 1 is 1.11 bits per heavy atom. The van der Waals surface area contributed by atoms with E-state index in [0.717, 1.165) is 46.0 Å². The Labute approximate surface area is 174 Å². The number of carbonyl (C=O) groups is 1. The number of H-pyrrole nitrogens is 1. The van der Waals surface area contributed by atoms with Crippen LogP contribution in [0.3, 0.4) is 0 Å². The van der Waals surface area contributed by atoms with Gasteiger partial charge in [-0.1, -0.05) is 35.9 Å². The number of rotatable bonds is 1. The number of halogens is 1. The molecule has 4 nitrogen and oxygen atoms in total. The summed E-state index contributed by atoms with van der Waals surface area (Å²) in [7, 11) is 0. The van der Waals surface area contributed by atoms with Crippen LogP contribution in [0.5, 0.6) is 0 Å². The first kappa shape index (κ1) is 17.8. The first-order chi connectivity index (χ1) is 13.6. The van der Waals surface area contributed by atoms with E-state index in [1.165, 1.54) is 4.88 Å². The molecule has 140 valence electrons. The molecule has 2 aromatic heterocycles. The number of fused-ring (bicyclic) bond motifs is 4. The fraction of sp³-hybridized carbons (Fsp3) is 0.190. The minimum atomic E-state index is -0.434. The summed E-state index contributed by atoms with van der Waals surface area (Å²) < 4.78 is 1.22. The van der Waals surface area contributed by atoms with E-state index in [4.69, 9.17) is 23.8 Å². The number of carbonyl (C=O) groups excluding carboxylic acids is 1. The van der Waals surface area contributed by atoms with Crippen LogP contribution in [-0.4, -0.2) is 15.5 Å². The largest absolute Gasteiger partial charge is 0.323 e. The molecule has 0 amide bonds. The van der Waals surface area contributed by atoms with E-state index in [9.17, 15) is 9.59 Å². The van der Waals surface area contributed by atoms with E-state index >= 15 is 0 Å². The lowest BCUT2D eigenvalue weighted by molar-refractivity contribution is 0.0955. The summed E-state index contributed by atoms with van der Waals surface area (Å²) in [6.45, 7) is 0. The van der Waals surface area contributed by atoms with Crippen LogP contribution in [0, 0.1) is 4.77 Å². The van der Waals surface area contributed by atoms with E-state index < -0.39 is 5.91 Å². The van der Waals surface area contributed by atoms with Gasteiger partial charge in [-0.05, 0) is 61.0 Å². The van der Waals surface area contributed by atoms with Crippen molar-refractivity contribution in [3.05, 3.63) is 72.5 Å². The molecular weight excluding hydrogens is 412 g/mol. The molecule has 0 saturated carbocycles. The molecule has 0 radical (unpaired) electrons. The minimum absolute atomic E-state index is 0.125. The molecule has 2 heterocycles. The Kier molecular flexibility index (Phi) is 4.23. The lowest BCUT2D eigenvalue weighted by Crippen LogP contribution is -2.29. The maximum absolute atomic E-state index is 13.4. The summed E-state index contributed by atoms with van der Waals surface area (Å²) in [5, 5.41) is 2.65. The Bertz CT molecular complexity index is 1400. The smallest absolute Gasteiger partial charge is 0.270 e. The van der Waals surface area contributed by atoms with Gasteiger partial charge in [0, 0.05) is 20.8 Å². The molecule has 0 unspecified atom stereocenters. The minimum Gasteiger partial charge on any atom is -0.323 e. The number of nitrogens with one attached hydrogen (secondary N) is 1. The predicted molar refractivity (Wildman–Crippen MR) is 117 cm³/mol. The molecule has 5 rings (SSSR count). The molecule has 0 atom stereocenters. The third-order valence-corrected chi connectivity index (χ3v) is 7.14. The highest BCUT2D eigenvalue weighted by Crippen LogP contribution is 2.33. The molecule has 1 aliphatic carbocycles. The number of hydrogen-bond acceptors (Lipinski definition) is 4. The molecule has 0 spiro atoms. The molecule has 2 aromatic carbocycles. The number of thiophene rings is 1. The molecule has 28 heavy (non-hydrogen) atoms. The van der Waals surface area contributed by atoms with E-state index in [-0.39, 0.29) is 10.3 Å². The summed E-state index contributed by atoms with van der Waals surface area (Å²) >= 11 is 13.3. The lowest BCUT2D eigenvalue weighted by Gasteiger charge is -2.11. The fourth-order valence-corrected chi connectivity index (χ4v) is 5.85. The molecule has 1 N–H and O–H groups in total. The van der Waals surface area contributed by atoms with Gasteiger partial charge in [0.05, 0.1) is 5.39 Å². The Hall–Kier alpha value is -2.28. The topological polar surface area (TPSA) is 54.9 Å². The highest BCUT2D eigenvalue weighted by Gasteiger charge is 2.23. The number of benzene rings is 2. The second kappa shape index (κ2) is 6.65. The number of hydrogen-bond donors (Lipinski definition) is 1. The van der Waals surface area contributed by atoms with Gasteiger partial charge in [-0.25, -0.2) is 4.57 Å². The van der Waals surface area contributed by atoms with Crippen molar-refractivity contribution in [1.29, 1.82) is 0 Å². The molecular formula is C21H15ClN2O2S2. The maximum Gasteiger partial charge on any atom is 0.270 e. The molecule has 0 aliphatic heterocycles. The van der Waals surface area contributed by atoms with Crippen LogP contribution in [0.25, 0.3) is 21.0 Å². The normalized spacial score (nSPS) is 13.8. The van der Waals surface area contributed by atoms with Crippen molar-refractivity contribution < 1.29 is 4.79 Å². The van der Waals surface area contributed by atoms with Gasteiger partial charge in [0.15, 0.2) is 4.77 Å². The second-order valence-electron chi connectivity index (χ2n) is 6.93. The fourth-order valence-electron chi connectivity index (χ4n) is 4.00. The third-order valence-electron chi connectivity index (χ3n) is 5.31. The van der Waals surface area contributed by atoms with Gasteiger partial charge in [0.25, 0.3) is 11.5 Å². The van der Waals surface area contributed by atoms with Gasteiger partial charge < -0.3 is 4.98 Å². The SMILES string of the molecule is O=C(c1cccc2c(Cl)cccc12)n1c(=S)[nH]c2sc3c(c2c1=O)CCCC3. The summed E-state index contributed by atoms with van der Waals surface area (Å²) in [6, 6.07) is 10.7. The van der Waals surface area contributed by atoms with E-state index in [1.807, 2.05) is 12.1 Å². The van der Waals surface area contributed by atoms with Crippen molar-refractivity contribution in [2.45, 2.75) is 25.7 Å². The van der Waals surface area contributed by atoms with E-state index in [1.54, 1.807) is 35.6 Å². The zero-order valence-corrected chi connectivity index (χ0v) is 17.1. The quantitative estimate of drug-likeness (QED) is 0.409. The van der Waals surface area contributed by atoms with Gasteiger partial charge in [0.1, 0.15) is 4.83 Å². The molecule has 1 aliphatic rings. The molecule has 0 bridgehead atoms. The van der Waals surface area contributed by atoms with Crippen LogP contribution in [0.4, 0.5) is 0 Å². The van der Waals surface area contributed by atoms with Gasteiger partial charge in [-0.15, -0.1) is 11.3 Å². The van der Waals surface area contributed by atoms with Crippen LogP contribution < -0.4 is 5.56 Å². The van der Waals surface area contributed by atoms with Gasteiger partial charge in [0.2, 0.25) is 0 Å². The number of nitrogens with zero attached hydrogens (tertiary/aromatic N) is 1. The van der Waals surface area contributed by atoms with Gasteiger partial charge in [-0.2, -0.15) is 0 Å². The maximum atomic E-state index is 13.4. The van der Waals surface area contributed by atoms with Crippen LogP contribution in [0.1, 0.15) is 33.6 Å². The molecule has 4 aromatic rings. The third kappa shape index (κ3) is 2.59. The van der Waals surface area contributed by atoms with Crippen molar-refractivity contribution >= 4 is 62.1 Å². The van der Waals surface area contributed by atoms with Crippen LogP contribution in [0.2, 0.25) is 5.02 Å². The lowest BCUT2D eigenvalue weighted by atomic mass is 9.97. The van der Waals surface area contributed by atoms with Crippen molar-refractivity contribution in [2.24, 2.45) is 0 Å². The van der Waals surface area contributed by atoms with Crippen LogP contribution >= 0.6 is 35.2 Å². The van der Waals surface area contributed by atoms with Crippen molar-refractivity contribution in [1.82, 2.24) is 9.55 Å². The zero-order valence-electron chi connectivity index (χ0n) is 14.8. The average molecular weight is 427 g/mol. The van der Waals surface area contributed by atoms with Crippen molar-refractivity contribution in [3.8, 4) is 0 Å². The highest BCUT2D eigenvalue weighted by molar-refractivity contribution is 7.71. The summed E-state index contributed by atoms with van der Waals surface area (Å²) in [4.78, 5) is 31.8. The number of aryl methyl sites for hydroxylation is 2. The number of aromatic nitrogens is 2. The molecule has 0 saturated heterocycles. The van der Waals surface area contributed by atoms with Crippen molar-refractivity contribution in [2.75, 3.05) is 0 Å². The van der Waals surface area contributed by atoms with E-state index in [2.05, 4.69) is 4.98 Å². The summed E-state index contributed by atoms with van der Waals surface area (Å²) in [5.41, 5.74) is 1.15. The van der Waals surface area contributed by atoms with Gasteiger partial charge >= 0.3 is 0 Å². The zero-order chi connectivity index (χ0) is 19.4. The Morgan fingerprint density at radius 3 is 2.71 bits per heavy atom. The average Bonchev–Trinajstić information content (AvgIpc) is 3.06. The van der Waals surface area contributed by atoms with Gasteiger partial charge in [-0.3, -0.25) is 9.59 Å². The van der Waals surface area contributed by atoms with E-state index in [0.29, 0.717) is 21.4 Å². The monoisotopic (exact) mass is 426 g/mol.